The highest BCUT2D eigenvalue weighted by molar-refractivity contribution is 6.04. The molecule has 0 saturated carbocycles. The number of carbonyl (C=O) groups excluding carboxylic acids is 2. The number of hydrogen-bond acceptors (Lipinski definition) is 6. The number of para-hydroxylation sites is 2. The molecule has 30 heavy (non-hydrogen) atoms. The number of nitrogens with zero attached hydrogens (tertiary/aromatic N) is 1. The molecule has 3 rings (SSSR count). The minimum Gasteiger partial charge on any atom is -0.492 e. The SMILES string of the molecule is CCOc1ccccc1NCC(=O)Nc1ccc(C(=O)Nc2onc(C)c2C)cc1. The first-order valence-electron chi connectivity index (χ1n) is 9.57. The predicted octanol–water partition coefficient (Wildman–Crippen LogP) is 3.99. The number of anilines is 3. The summed E-state index contributed by atoms with van der Waals surface area (Å²) in [5.74, 6) is 0.487. The Labute approximate surface area is 174 Å². The Bertz CT molecular complexity index is 1030. The highest BCUT2D eigenvalue weighted by Gasteiger charge is 2.13. The number of rotatable bonds is 8. The summed E-state index contributed by atoms with van der Waals surface area (Å²) in [6.45, 7) is 6.15. The zero-order valence-corrected chi connectivity index (χ0v) is 17.1. The molecule has 2 aromatic carbocycles. The van der Waals surface area contributed by atoms with Crippen molar-refractivity contribution in [3.05, 3.63) is 65.4 Å². The van der Waals surface area contributed by atoms with Gasteiger partial charge in [-0.05, 0) is 57.2 Å². The molecule has 0 fully saturated rings. The Hall–Kier alpha value is -3.81. The van der Waals surface area contributed by atoms with Gasteiger partial charge in [0.2, 0.25) is 11.8 Å². The van der Waals surface area contributed by atoms with Crippen LogP contribution in [0.2, 0.25) is 0 Å². The maximum absolute atomic E-state index is 12.3. The average Bonchev–Trinajstić information content (AvgIpc) is 3.06. The molecule has 2 amide bonds. The van der Waals surface area contributed by atoms with Gasteiger partial charge < -0.3 is 19.9 Å². The van der Waals surface area contributed by atoms with Crippen LogP contribution >= 0.6 is 0 Å². The van der Waals surface area contributed by atoms with Crippen LogP contribution in [0.5, 0.6) is 5.75 Å². The van der Waals surface area contributed by atoms with Crippen LogP contribution in [0.3, 0.4) is 0 Å². The lowest BCUT2D eigenvalue weighted by molar-refractivity contribution is -0.114. The molecule has 0 bridgehead atoms. The van der Waals surface area contributed by atoms with Crippen molar-refractivity contribution >= 4 is 29.1 Å². The average molecular weight is 408 g/mol. The summed E-state index contributed by atoms with van der Waals surface area (Å²) in [5, 5.41) is 12.4. The fourth-order valence-electron chi connectivity index (χ4n) is 2.69. The molecule has 3 aromatic rings. The van der Waals surface area contributed by atoms with Crippen molar-refractivity contribution in [3.8, 4) is 5.75 Å². The van der Waals surface area contributed by atoms with Crippen molar-refractivity contribution in [2.45, 2.75) is 20.8 Å². The van der Waals surface area contributed by atoms with Gasteiger partial charge in [-0.25, -0.2) is 0 Å². The minimum absolute atomic E-state index is 0.0798. The largest absolute Gasteiger partial charge is 0.492 e. The van der Waals surface area contributed by atoms with Gasteiger partial charge in [0.1, 0.15) is 5.75 Å². The van der Waals surface area contributed by atoms with Gasteiger partial charge in [0.15, 0.2) is 0 Å². The van der Waals surface area contributed by atoms with Crippen molar-refractivity contribution in [2.24, 2.45) is 0 Å². The summed E-state index contributed by atoms with van der Waals surface area (Å²) >= 11 is 0. The van der Waals surface area contributed by atoms with E-state index >= 15 is 0 Å². The zero-order chi connectivity index (χ0) is 21.5. The Balaban J connectivity index is 1.54. The maximum Gasteiger partial charge on any atom is 0.258 e. The van der Waals surface area contributed by atoms with Crippen LogP contribution in [0.15, 0.2) is 53.1 Å². The number of hydrogen-bond donors (Lipinski definition) is 3. The van der Waals surface area contributed by atoms with Crippen LogP contribution in [-0.4, -0.2) is 30.1 Å². The second-order valence-electron chi connectivity index (χ2n) is 6.58. The number of benzene rings is 2. The molecule has 0 aliphatic heterocycles. The molecule has 0 unspecified atom stereocenters. The van der Waals surface area contributed by atoms with Crippen LogP contribution in [0.1, 0.15) is 28.5 Å². The van der Waals surface area contributed by atoms with Gasteiger partial charge in [-0.3, -0.25) is 14.9 Å². The quantitative estimate of drug-likeness (QED) is 0.520. The predicted molar refractivity (Wildman–Crippen MR) is 115 cm³/mol. The summed E-state index contributed by atoms with van der Waals surface area (Å²) in [7, 11) is 0. The lowest BCUT2D eigenvalue weighted by atomic mass is 10.2. The van der Waals surface area contributed by atoms with E-state index in [2.05, 4.69) is 21.1 Å². The van der Waals surface area contributed by atoms with E-state index in [0.29, 0.717) is 29.5 Å². The third-order valence-electron chi connectivity index (χ3n) is 4.44. The topological polar surface area (TPSA) is 105 Å². The summed E-state index contributed by atoms with van der Waals surface area (Å²) in [5.41, 5.74) is 3.28. The second kappa shape index (κ2) is 9.60. The summed E-state index contributed by atoms with van der Waals surface area (Å²) in [4.78, 5) is 24.6. The number of amides is 2. The third-order valence-corrected chi connectivity index (χ3v) is 4.44. The minimum atomic E-state index is -0.318. The molecule has 1 aromatic heterocycles. The number of ether oxygens (including phenoxy) is 1. The second-order valence-corrected chi connectivity index (χ2v) is 6.58. The molecule has 156 valence electrons. The van der Waals surface area contributed by atoms with Crippen molar-refractivity contribution in [2.75, 3.05) is 29.1 Å². The van der Waals surface area contributed by atoms with E-state index in [1.165, 1.54) is 0 Å². The summed E-state index contributed by atoms with van der Waals surface area (Å²) < 4.78 is 10.6. The van der Waals surface area contributed by atoms with E-state index in [-0.39, 0.29) is 18.4 Å². The molecular weight excluding hydrogens is 384 g/mol. The van der Waals surface area contributed by atoms with Crippen LogP contribution < -0.4 is 20.7 Å². The van der Waals surface area contributed by atoms with Gasteiger partial charge in [0.25, 0.3) is 5.91 Å². The highest BCUT2D eigenvalue weighted by atomic mass is 16.5. The van der Waals surface area contributed by atoms with Crippen LogP contribution in [0.4, 0.5) is 17.3 Å². The molecule has 8 heteroatoms. The van der Waals surface area contributed by atoms with E-state index in [1.54, 1.807) is 31.2 Å². The number of carbonyl (C=O) groups is 2. The van der Waals surface area contributed by atoms with Gasteiger partial charge in [-0.1, -0.05) is 17.3 Å². The zero-order valence-electron chi connectivity index (χ0n) is 17.1. The van der Waals surface area contributed by atoms with Gasteiger partial charge in [0, 0.05) is 16.8 Å². The Morgan fingerprint density at radius 3 is 2.43 bits per heavy atom. The third kappa shape index (κ3) is 5.16. The summed E-state index contributed by atoms with van der Waals surface area (Å²) in [6, 6.07) is 14.0. The van der Waals surface area contributed by atoms with Crippen LogP contribution in [-0.2, 0) is 4.79 Å². The van der Waals surface area contributed by atoms with Crippen molar-refractivity contribution in [3.63, 3.8) is 0 Å². The van der Waals surface area contributed by atoms with Crippen molar-refractivity contribution < 1.29 is 18.8 Å². The molecule has 3 N–H and O–H groups in total. The molecule has 0 spiro atoms. The standard InChI is InChI=1S/C22H24N4O4/c1-4-29-19-8-6-5-7-18(19)23-13-20(27)24-17-11-9-16(10-12-17)21(28)25-22-14(2)15(3)26-30-22/h5-12,23H,4,13H2,1-3H3,(H,24,27)(H,25,28). The molecule has 0 aliphatic carbocycles. The van der Waals surface area contributed by atoms with Crippen molar-refractivity contribution in [1.29, 1.82) is 0 Å². The van der Waals surface area contributed by atoms with E-state index in [0.717, 1.165) is 16.9 Å². The first kappa shape index (κ1) is 20.9. The van der Waals surface area contributed by atoms with Crippen molar-refractivity contribution in [1.82, 2.24) is 5.16 Å². The lowest BCUT2D eigenvalue weighted by Crippen LogP contribution is -2.22. The first-order chi connectivity index (χ1) is 14.5. The molecular formula is C22H24N4O4. The first-order valence-corrected chi connectivity index (χ1v) is 9.57. The Kier molecular flexibility index (Phi) is 6.69. The monoisotopic (exact) mass is 408 g/mol. The molecule has 0 aliphatic rings. The van der Waals surface area contributed by atoms with Gasteiger partial charge in [-0.15, -0.1) is 0 Å². The van der Waals surface area contributed by atoms with Crippen LogP contribution in [0.25, 0.3) is 0 Å². The van der Waals surface area contributed by atoms with Gasteiger partial charge in [0.05, 0.1) is 24.5 Å². The molecule has 1 heterocycles. The molecule has 0 radical (unpaired) electrons. The van der Waals surface area contributed by atoms with Gasteiger partial charge in [-0.2, -0.15) is 0 Å². The Morgan fingerprint density at radius 2 is 1.77 bits per heavy atom. The number of aryl methyl sites for hydroxylation is 1. The highest BCUT2D eigenvalue weighted by Crippen LogP contribution is 2.23. The molecule has 8 nitrogen and oxygen atoms in total. The fraction of sp³-hybridized carbons (Fsp3) is 0.227. The fourth-order valence-corrected chi connectivity index (χ4v) is 2.69. The number of aromatic nitrogens is 1. The van der Waals surface area contributed by atoms with E-state index in [9.17, 15) is 9.59 Å². The smallest absolute Gasteiger partial charge is 0.258 e. The van der Waals surface area contributed by atoms with E-state index < -0.39 is 0 Å². The Morgan fingerprint density at radius 1 is 1.03 bits per heavy atom. The maximum atomic E-state index is 12.3. The van der Waals surface area contributed by atoms with E-state index in [4.69, 9.17) is 9.26 Å². The molecule has 0 saturated heterocycles. The number of nitrogens with one attached hydrogen (secondary N) is 3. The lowest BCUT2D eigenvalue weighted by Gasteiger charge is -2.12. The van der Waals surface area contributed by atoms with E-state index in [1.807, 2.05) is 38.1 Å². The van der Waals surface area contributed by atoms with Crippen LogP contribution in [0, 0.1) is 13.8 Å². The summed E-state index contributed by atoms with van der Waals surface area (Å²) in [6.07, 6.45) is 0. The normalized spacial score (nSPS) is 10.4. The molecule has 0 atom stereocenters. The van der Waals surface area contributed by atoms with Gasteiger partial charge >= 0.3 is 0 Å².